The first-order valence-electron chi connectivity index (χ1n) is 9.09. The van der Waals surface area contributed by atoms with Gasteiger partial charge in [0.05, 0.1) is 0 Å². The summed E-state index contributed by atoms with van der Waals surface area (Å²) in [6.07, 6.45) is 4.96. The molecule has 0 saturated carbocycles. The molecule has 26 heavy (non-hydrogen) atoms. The lowest BCUT2D eigenvalue weighted by molar-refractivity contribution is 1.14. The Morgan fingerprint density at radius 1 is 0.654 bits per heavy atom. The Labute approximate surface area is 155 Å². The van der Waals surface area contributed by atoms with E-state index < -0.39 is 0 Å². The van der Waals surface area contributed by atoms with Crippen LogP contribution in [-0.2, 0) is 6.42 Å². The van der Waals surface area contributed by atoms with Crippen LogP contribution in [0.3, 0.4) is 0 Å². The monoisotopic (exact) mass is 334 g/mol. The molecule has 0 N–H and O–H groups in total. The molecule has 0 heterocycles. The number of hydrogen-bond donors (Lipinski definition) is 0. The van der Waals surface area contributed by atoms with E-state index in [1.54, 1.807) is 0 Å². The SMILES string of the molecule is C=Cc1c(C=C)c2cc(-c3ccc(CC)cc3)ccc2c2ccccc12. The van der Waals surface area contributed by atoms with Gasteiger partial charge in [-0.25, -0.2) is 0 Å². The molecule has 126 valence electrons. The van der Waals surface area contributed by atoms with Crippen LogP contribution in [0.15, 0.2) is 79.9 Å². The van der Waals surface area contributed by atoms with Gasteiger partial charge in [-0.05, 0) is 61.8 Å². The Morgan fingerprint density at radius 3 is 1.88 bits per heavy atom. The van der Waals surface area contributed by atoms with E-state index >= 15 is 0 Å². The smallest absolute Gasteiger partial charge is 0.00930 e. The summed E-state index contributed by atoms with van der Waals surface area (Å²) < 4.78 is 0. The zero-order valence-corrected chi connectivity index (χ0v) is 15.1. The summed E-state index contributed by atoms with van der Waals surface area (Å²) in [6.45, 7) is 10.3. The first-order valence-corrected chi connectivity index (χ1v) is 9.09. The minimum Gasteiger partial charge on any atom is -0.0984 e. The lowest BCUT2D eigenvalue weighted by Gasteiger charge is -2.14. The van der Waals surface area contributed by atoms with Crippen molar-refractivity contribution in [2.45, 2.75) is 13.3 Å². The number of aryl methyl sites for hydroxylation is 1. The summed E-state index contributed by atoms with van der Waals surface area (Å²) >= 11 is 0. The highest BCUT2D eigenvalue weighted by molar-refractivity contribution is 6.15. The third kappa shape index (κ3) is 2.55. The Bertz CT molecular complexity index is 1130. The highest BCUT2D eigenvalue weighted by Crippen LogP contribution is 2.36. The van der Waals surface area contributed by atoms with E-state index in [0.29, 0.717) is 0 Å². The number of benzene rings is 4. The van der Waals surface area contributed by atoms with Crippen molar-refractivity contribution in [1.82, 2.24) is 0 Å². The summed E-state index contributed by atoms with van der Waals surface area (Å²) in [4.78, 5) is 0. The maximum atomic E-state index is 4.07. The van der Waals surface area contributed by atoms with Gasteiger partial charge >= 0.3 is 0 Å². The zero-order chi connectivity index (χ0) is 18.1. The van der Waals surface area contributed by atoms with Crippen molar-refractivity contribution in [3.05, 3.63) is 96.6 Å². The van der Waals surface area contributed by atoms with E-state index in [9.17, 15) is 0 Å². The first-order chi connectivity index (χ1) is 12.8. The first kappa shape index (κ1) is 16.4. The highest BCUT2D eigenvalue weighted by Gasteiger charge is 2.11. The van der Waals surface area contributed by atoms with Gasteiger partial charge in [-0.1, -0.05) is 92.9 Å². The van der Waals surface area contributed by atoms with E-state index in [0.717, 1.165) is 17.5 Å². The Hall–Kier alpha value is -3.12. The predicted molar refractivity (Wildman–Crippen MR) is 116 cm³/mol. The van der Waals surface area contributed by atoms with Gasteiger partial charge in [0.15, 0.2) is 0 Å². The van der Waals surface area contributed by atoms with Crippen molar-refractivity contribution in [2.24, 2.45) is 0 Å². The molecule has 0 amide bonds. The van der Waals surface area contributed by atoms with Gasteiger partial charge in [0, 0.05) is 0 Å². The largest absolute Gasteiger partial charge is 0.0984 e. The van der Waals surface area contributed by atoms with E-state index in [1.807, 2.05) is 12.2 Å². The van der Waals surface area contributed by atoms with Crippen LogP contribution in [0.4, 0.5) is 0 Å². The van der Waals surface area contributed by atoms with Gasteiger partial charge in [-0.2, -0.15) is 0 Å². The molecule has 4 rings (SSSR count). The Morgan fingerprint density at radius 2 is 1.23 bits per heavy atom. The van der Waals surface area contributed by atoms with Crippen LogP contribution >= 0.6 is 0 Å². The fraction of sp³-hybridized carbons (Fsp3) is 0.0769. The van der Waals surface area contributed by atoms with Crippen LogP contribution in [0.1, 0.15) is 23.6 Å². The zero-order valence-electron chi connectivity index (χ0n) is 15.1. The molecule has 0 aromatic heterocycles. The van der Waals surface area contributed by atoms with E-state index in [4.69, 9.17) is 0 Å². The van der Waals surface area contributed by atoms with Crippen LogP contribution in [-0.4, -0.2) is 0 Å². The molecule has 4 aromatic carbocycles. The molecule has 0 aliphatic carbocycles. The van der Waals surface area contributed by atoms with Gasteiger partial charge in [-0.15, -0.1) is 0 Å². The van der Waals surface area contributed by atoms with Gasteiger partial charge in [0.25, 0.3) is 0 Å². The molecule has 0 unspecified atom stereocenters. The molecule has 0 fully saturated rings. The number of fused-ring (bicyclic) bond motifs is 3. The van der Waals surface area contributed by atoms with Crippen molar-refractivity contribution >= 4 is 33.7 Å². The van der Waals surface area contributed by atoms with Crippen molar-refractivity contribution in [1.29, 1.82) is 0 Å². The third-order valence-corrected chi connectivity index (χ3v) is 5.21. The molecule has 0 saturated heterocycles. The second-order valence-corrected chi connectivity index (χ2v) is 6.59. The normalized spacial score (nSPS) is 11.0. The van der Waals surface area contributed by atoms with Crippen LogP contribution in [0, 0.1) is 0 Å². The molecule has 0 aliphatic rings. The van der Waals surface area contributed by atoms with Crippen molar-refractivity contribution < 1.29 is 0 Å². The molecule has 0 bridgehead atoms. The van der Waals surface area contributed by atoms with Crippen LogP contribution in [0.25, 0.3) is 44.8 Å². The van der Waals surface area contributed by atoms with Crippen molar-refractivity contribution in [3.63, 3.8) is 0 Å². The van der Waals surface area contributed by atoms with Gasteiger partial charge in [0.2, 0.25) is 0 Å². The van der Waals surface area contributed by atoms with Gasteiger partial charge < -0.3 is 0 Å². The molecule has 4 aromatic rings. The average molecular weight is 334 g/mol. The molecule has 0 radical (unpaired) electrons. The molecule has 0 nitrogen and oxygen atoms in total. The predicted octanol–water partition coefficient (Wildman–Crippen LogP) is 7.51. The topological polar surface area (TPSA) is 0 Å². The summed E-state index contributed by atoms with van der Waals surface area (Å²) in [5, 5.41) is 4.97. The molecule has 0 atom stereocenters. The maximum absolute atomic E-state index is 4.07. The third-order valence-electron chi connectivity index (χ3n) is 5.21. The molecular formula is C26H22. The molecule has 0 spiro atoms. The second-order valence-electron chi connectivity index (χ2n) is 6.59. The lowest BCUT2D eigenvalue weighted by Crippen LogP contribution is -1.90. The standard InChI is InChI=1S/C26H22/c1-4-18-11-13-19(14-12-18)20-15-16-25-24-10-8-7-9-23(24)21(5-2)22(6-3)26(25)17-20/h5-17H,2-4H2,1H3. The van der Waals surface area contributed by atoms with Crippen molar-refractivity contribution in [2.75, 3.05) is 0 Å². The minimum absolute atomic E-state index is 1.06. The van der Waals surface area contributed by atoms with E-state index in [1.165, 1.54) is 38.2 Å². The summed E-state index contributed by atoms with van der Waals surface area (Å²) in [7, 11) is 0. The van der Waals surface area contributed by atoms with E-state index in [-0.39, 0.29) is 0 Å². The fourth-order valence-electron chi connectivity index (χ4n) is 3.80. The summed E-state index contributed by atoms with van der Waals surface area (Å²) in [5.74, 6) is 0. The summed E-state index contributed by atoms with van der Waals surface area (Å²) in [5.41, 5.74) is 6.14. The quantitative estimate of drug-likeness (QED) is 0.339. The Balaban J connectivity index is 2.04. The lowest BCUT2D eigenvalue weighted by atomic mass is 9.89. The van der Waals surface area contributed by atoms with E-state index in [2.05, 4.69) is 86.8 Å². The molecular weight excluding hydrogens is 312 g/mol. The van der Waals surface area contributed by atoms with Crippen molar-refractivity contribution in [3.8, 4) is 11.1 Å². The minimum atomic E-state index is 1.06. The van der Waals surface area contributed by atoms with Crippen LogP contribution in [0.5, 0.6) is 0 Å². The Kier molecular flexibility index (Phi) is 4.18. The highest BCUT2D eigenvalue weighted by atomic mass is 14.1. The van der Waals surface area contributed by atoms with Gasteiger partial charge in [0.1, 0.15) is 0 Å². The van der Waals surface area contributed by atoms with Gasteiger partial charge in [-0.3, -0.25) is 0 Å². The fourth-order valence-corrected chi connectivity index (χ4v) is 3.80. The van der Waals surface area contributed by atoms with Crippen LogP contribution < -0.4 is 0 Å². The maximum Gasteiger partial charge on any atom is -0.00930 e. The number of rotatable bonds is 4. The summed E-state index contributed by atoms with van der Waals surface area (Å²) in [6, 6.07) is 24.1. The number of hydrogen-bond acceptors (Lipinski definition) is 0. The second kappa shape index (κ2) is 6.65. The molecule has 0 aliphatic heterocycles. The van der Waals surface area contributed by atoms with Crippen LogP contribution in [0.2, 0.25) is 0 Å². The average Bonchev–Trinajstić information content (AvgIpc) is 2.72. The molecule has 0 heteroatoms.